The van der Waals surface area contributed by atoms with E-state index in [1.54, 1.807) is 0 Å². The smallest absolute Gasteiger partial charge is 0.550 e. The van der Waals surface area contributed by atoms with Crippen LogP contribution in [0.15, 0.2) is 0 Å². The summed E-state index contributed by atoms with van der Waals surface area (Å²) in [6, 6.07) is 0. The van der Waals surface area contributed by atoms with Gasteiger partial charge in [0.05, 0.1) is 18.0 Å². The van der Waals surface area contributed by atoms with Crippen LogP contribution in [-0.4, -0.2) is 30.1 Å². The van der Waals surface area contributed by atoms with E-state index in [0.29, 0.717) is 0 Å². The summed E-state index contributed by atoms with van der Waals surface area (Å²) in [4.78, 5) is 31.5. The van der Waals surface area contributed by atoms with E-state index in [2.05, 4.69) is 4.74 Å². The van der Waals surface area contributed by atoms with E-state index in [-0.39, 0.29) is 95.1 Å². The van der Waals surface area contributed by atoms with Crippen LogP contribution in [0.25, 0.3) is 0 Å². The Kier molecular flexibility index (Phi) is 21.5. The van der Waals surface area contributed by atoms with Crippen LogP contribution in [0.5, 0.6) is 0 Å². The molecule has 0 heterocycles. The van der Waals surface area contributed by atoms with Crippen LogP contribution < -0.4 is 104 Å². The molecule has 0 rings (SSSR count). The van der Waals surface area contributed by atoms with E-state index in [1.807, 2.05) is 0 Å². The molecule has 19 heavy (non-hydrogen) atoms. The molecular formula is C9H11Na3O7. The molecule has 0 aliphatic rings. The molecule has 0 fully saturated rings. The van der Waals surface area contributed by atoms with Crippen LogP contribution in [-0.2, 0) is 19.1 Å². The number of rotatable bonds is 7. The van der Waals surface area contributed by atoms with Crippen LogP contribution in [0, 0.1) is 5.92 Å². The number of carboxylic acid groups (broad SMARTS) is 3. The average Bonchev–Trinajstić information content (AvgIpc) is 2.17. The molecule has 10 heteroatoms. The van der Waals surface area contributed by atoms with Crippen molar-refractivity contribution in [3.63, 3.8) is 0 Å². The molecule has 3 unspecified atom stereocenters. The van der Waals surface area contributed by atoms with Crippen molar-refractivity contribution in [2.45, 2.75) is 32.5 Å². The minimum atomic E-state index is -1.88. The fourth-order valence-electron chi connectivity index (χ4n) is 0.997. The molecule has 0 radical (unpaired) electrons. The van der Waals surface area contributed by atoms with Crippen molar-refractivity contribution < 1.29 is 123 Å². The van der Waals surface area contributed by atoms with Crippen molar-refractivity contribution in [2.24, 2.45) is 5.92 Å². The molecular weight excluding hydrogens is 289 g/mol. The average molecular weight is 300 g/mol. The van der Waals surface area contributed by atoms with Crippen LogP contribution in [0.1, 0.15) is 20.3 Å². The van der Waals surface area contributed by atoms with Gasteiger partial charge in [-0.15, -0.1) is 0 Å². The first kappa shape index (κ1) is 28.5. The molecule has 0 aromatic carbocycles. The van der Waals surface area contributed by atoms with Gasteiger partial charge in [-0.25, -0.2) is 0 Å². The predicted octanol–water partition coefficient (Wildman–Crippen LogP) is -13.0. The molecule has 0 N–H and O–H groups in total. The number of carbonyl (C=O) groups is 3. The number of aliphatic carboxylic acids is 3. The molecule has 0 aromatic heterocycles. The summed E-state index contributed by atoms with van der Waals surface area (Å²) in [6.07, 6.45) is -3.43. The van der Waals surface area contributed by atoms with Gasteiger partial charge in [0.15, 0.2) is 0 Å². The van der Waals surface area contributed by atoms with Gasteiger partial charge >= 0.3 is 88.7 Å². The van der Waals surface area contributed by atoms with Gasteiger partial charge in [-0.2, -0.15) is 0 Å². The number of hydrogen-bond donors (Lipinski definition) is 0. The summed E-state index contributed by atoms with van der Waals surface area (Å²) >= 11 is 0. The fraction of sp³-hybridized carbons (Fsp3) is 0.667. The Morgan fingerprint density at radius 3 is 1.58 bits per heavy atom. The number of ether oxygens (including phenoxy) is 1. The van der Waals surface area contributed by atoms with Crippen molar-refractivity contribution in [3.05, 3.63) is 0 Å². The van der Waals surface area contributed by atoms with Crippen molar-refractivity contribution in [3.8, 4) is 0 Å². The van der Waals surface area contributed by atoms with Gasteiger partial charge in [0.25, 0.3) is 0 Å². The summed E-state index contributed by atoms with van der Waals surface area (Å²) < 4.78 is 4.60. The molecule has 7 nitrogen and oxygen atoms in total. The molecule has 0 saturated heterocycles. The van der Waals surface area contributed by atoms with E-state index in [0.717, 1.165) is 6.92 Å². The normalized spacial score (nSPS) is 13.6. The van der Waals surface area contributed by atoms with E-state index >= 15 is 0 Å². The summed E-state index contributed by atoms with van der Waals surface area (Å²) in [5.41, 5.74) is 0. The Morgan fingerprint density at radius 2 is 1.37 bits per heavy atom. The van der Waals surface area contributed by atoms with E-state index in [4.69, 9.17) is 0 Å². The maximum absolute atomic E-state index is 10.6. The Labute approximate surface area is 177 Å². The Balaban J connectivity index is -0.000000375. The predicted molar refractivity (Wildman–Crippen MR) is 43.1 cm³/mol. The quantitative estimate of drug-likeness (QED) is 0.427. The molecule has 0 aromatic rings. The van der Waals surface area contributed by atoms with Crippen LogP contribution in [0.3, 0.4) is 0 Å². The van der Waals surface area contributed by atoms with Crippen LogP contribution in [0.4, 0.5) is 0 Å². The first-order valence-electron chi connectivity index (χ1n) is 4.59. The standard InChI is InChI=1S/C9H14O7.3Na/c1-3-5(8(12)13)16-6(9(14)15)4(2)7(10)11;;;/h4-6H,3H2,1-2H3,(H,10,11)(H,12,13)(H,14,15);;;/q;3*+1/p-3. The first-order valence-corrected chi connectivity index (χ1v) is 4.59. The van der Waals surface area contributed by atoms with E-state index in [1.165, 1.54) is 6.92 Å². The maximum atomic E-state index is 10.6. The topological polar surface area (TPSA) is 130 Å². The SMILES string of the molecule is CCC(OC(C(=O)[O-])C(C)C(=O)[O-])C(=O)[O-].[Na+].[Na+].[Na+]. The van der Waals surface area contributed by atoms with Crippen molar-refractivity contribution >= 4 is 17.9 Å². The van der Waals surface area contributed by atoms with Crippen molar-refractivity contribution in [2.75, 3.05) is 0 Å². The van der Waals surface area contributed by atoms with Gasteiger partial charge < -0.3 is 34.4 Å². The van der Waals surface area contributed by atoms with Gasteiger partial charge in [-0.1, -0.05) is 13.8 Å². The zero-order valence-electron chi connectivity index (χ0n) is 11.8. The largest absolute Gasteiger partial charge is 1.00 e. The number of hydrogen-bond acceptors (Lipinski definition) is 7. The molecule has 92 valence electrons. The molecule has 0 spiro atoms. The van der Waals surface area contributed by atoms with E-state index in [9.17, 15) is 29.7 Å². The monoisotopic (exact) mass is 300 g/mol. The summed E-state index contributed by atoms with van der Waals surface area (Å²) in [6.45, 7) is 2.45. The van der Waals surface area contributed by atoms with Gasteiger partial charge in [0, 0.05) is 11.9 Å². The van der Waals surface area contributed by atoms with Crippen molar-refractivity contribution in [1.82, 2.24) is 0 Å². The molecule has 0 aliphatic heterocycles. The summed E-state index contributed by atoms with van der Waals surface area (Å²) in [7, 11) is 0. The third-order valence-electron chi connectivity index (χ3n) is 2.00. The zero-order chi connectivity index (χ0) is 12.9. The Morgan fingerprint density at radius 1 is 0.947 bits per heavy atom. The van der Waals surface area contributed by atoms with Crippen LogP contribution in [0.2, 0.25) is 0 Å². The molecule has 3 atom stereocenters. The van der Waals surface area contributed by atoms with Crippen molar-refractivity contribution in [1.29, 1.82) is 0 Å². The van der Waals surface area contributed by atoms with Gasteiger partial charge in [0.1, 0.15) is 6.10 Å². The van der Waals surface area contributed by atoms with E-state index < -0.39 is 36.0 Å². The second-order valence-electron chi connectivity index (χ2n) is 3.20. The maximum Gasteiger partial charge on any atom is 1.00 e. The Hall–Kier alpha value is 1.37. The summed E-state index contributed by atoms with van der Waals surface area (Å²) in [5.74, 6) is -6.60. The fourth-order valence-corrected chi connectivity index (χ4v) is 0.997. The number of carbonyl (C=O) groups excluding carboxylic acids is 3. The number of carboxylic acids is 3. The van der Waals surface area contributed by atoms with Gasteiger partial charge in [-0.3, -0.25) is 0 Å². The molecule has 0 bridgehead atoms. The van der Waals surface area contributed by atoms with Crippen LogP contribution >= 0.6 is 0 Å². The minimum absolute atomic E-state index is 0. The van der Waals surface area contributed by atoms with Gasteiger partial charge in [-0.05, 0) is 6.42 Å². The Bertz CT molecular complexity index is 298. The van der Waals surface area contributed by atoms with Gasteiger partial charge in [0.2, 0.25) is 0 Å². The molecule has 0 saturated carbocycles. The molecule has 0 aliphatic carbocycles. The first-order chi connectivity index (χ1) is 7.31. The molecule has 0 amide bonds. The third kappa shape index (κ3) is 10.7. The summed E-state index contributed by atoms with van der Waals surface area (Å²) in [5, 5.41) is 31.5. The minimum Gasteiger partial charge on any atom is -0.550 e. The third-order valence-corrected chi connectivity index (χ3v) is 2.00. The zero-order valence-corrected chi connectivity index (χ0v) is 17.8. The second kappa shape index (κ2) is 14.3. The second-order valence-corrected chi connectivity index (χ2v) is 3.20.